The van der Waals surface area contributed by atoms with Crippen LogP contribution >= 0.6 is 0 Å². The molecule has 28 valence electrons. The second kappa shape index (κ2) is 9.14. The minimum Gasteiger partial charge on any atom is -0.205 e. The molecule has 0 saturated carbocycles. The first kappa shape index (κ1) is 8.85. The summed E-state index contributed by atoms with van der Waals surface area (Å²) in [6.07, 6.45) is 1.17. The number of hydrogen-bond donors (Lipinski definition) is 1. The van der Waals surface area contributed by atoms with E-state index in [-0.39, 0.29) is 16.8 Å². The third-order valence-corrected chi connectivity index (χ3v) is 0.0913. The molecule has 5 heavy (non-hydrogen) atoms. The Morgan fingerprint density at radius 3 is 2.00 bits per heavy atom. The van der Waals surface area contributed by atoms with Gasteiger partial charge in [0.05, 0.1) is 0 Å². The molecule has 0 atom stereocenters. The van der Waals surface area contributed by atoms with Crippen molar-refractivity contribution in [3.05, 3.63) is 12.8 Å². The van der Waals surface area contributed by atoms with Crippen molar-refractivity contribution in [2.45, 2.75) is 0 Å². The zero-order chi connectivity index (χ0) is 3.41. The second-order valence-electron chi connectivity index (χ2n) is 0.312. The summed E-state index contributed by atoms with van der Waals surface area (Å²) in [7, 11) is 0. The van der Waals surface area contributed by atoms with E-state index < -0.39 is 0 Å². The van der Waals surface area contributed by atoms with E-state index in [2.05, 4.69) is 11.7 Å². The summed E-state index contributed by atoms with van der Waals surface area (Å²) in [5.41, 5.74) is 5.96. The van der Waals surface area contributed by atoms with Gasteiger partial charge in [-0.2, -0.15) is 5.11 Å². The van der Waals surface area contributed by atoms with Crippen LogP contribution in [0.4, 0.5) is 0 Å². The molecule has 0 amide bonds. The largest absolute Gasteiger partial charge is 3.00 e. The van der Waals surface area contributed by atoms with Gasteiger partial charge in [0.15, 0.2) is 0 Å². The molecule has 0 rings (SSSR count). The smallest absolute Gasteiger partial charge is 0.205 e. The van der Waals surface area contributed by atoms with Crippen molar-refractivity contribution >= 4 is 0 Å². The van der Waals surface area contributed by atoms with Crippen molar-refractivity contribution in [1.82, 2.24) is 0 Å². The third kappa shape index (κ3) is 18.3. The van der Waals surface area contributed by atoms with Crippen molar-refractivity contribution in [2.24, 2.45) is 5.11 Å². The van der Waals surface area contributed by atoms with Crippen LogP contribution in [0.2, 0.25) is 0 Å². The Morgan fingerprint density at radius 1 is 1.80 bits per heavy atom. The van der Waals surface area contributed by atoms with E-state index in [1.165, 1.54) is 6.20 Å². The number of nitrogens with zero attached hydrogens (tertiary/aromatic N) is 1. The second-order valence-corrected chi connectivity index (χ2v) is 0.312. The Kier molecular flexibility index (Phi) is 16.2. The third-order valence-electron chi connectivity index (χ3n) is 0.0913. The van der Waals surface area contributed by atoms with E-state index in [0.717, 1.165) is 0 Å². The molecule has 1 N–H and O–H groups in total. The maximum atomic E-state index is 5.96. The number of nitrogens with one attached hydrogen (secondary N) is 1. The molecule has 0 aromatic carbocycles. The first-order valence-corrected chi connectivity index (χ1v) is 0.890. The van der Waals surface area contributed by atoms with Gasteiger partial charge in [0.25, 0.3) is 0 Å². The van der Waals surface area contributed by atoms with Crippen molar-refractivity contribution < 1.29 is 16.8 Å². The molecule has 0 fully saturated rings. The Balaban J connectivity index is 0. The van der Waals surface area contributed by atoms with Crippen LogP contribution < -0.4 is 0 Å². The predicted molar refractivity (Wildman–Crippen MR) is 15.3 cm³/mol. The molecule has 0 radical (unpaired) electrons. The van der Waals surface area contributed by atoms with Gasteiger partial charge in [0.1, 0.15) is 0 Å². The summed E-state index contributed by atoms with van der Waals surface area (Å²) in [5.74, 6) is 0. The molecule has 0 aliphatic carbocycles. The van der Waals surface area contributed by atoms with Gasteiger partial charge in [-0.05, 0) is 0 Å². The summed E-state index contributed by atoms with van der Waals surface area (Å²) < 4.78 is 0. The quantitative estimate of drug-likeness (QED) is 0.498. The van der Waals surface area contributed by atoms with Gasteiger partial charge in [-0.3, -0.25) is 0 Å². The maximum absolute atomic E-state index is 5.96. The normalized spacial score (nSPS) is 4.00. The van der Waals surface area contributed by atoms with Crippen molar-refractivity contribution in [3.8, 4) is 0 Å². The van der Waals surface area contributed by atoms with Crippen molar-refractivity contribution in [1.29, 1.82) is 5.53 Å². The van der Waals surface area contributed by atoms with Crippen LogP contribution in [0.3, 0.4) is 0 Å². The topological polar surface area (TPSA) is 36.2 Å². The summed E-state index contributed by atoms with van der Waals surface area (Å²) in [6, 6.07) is 0. The van der Waals surface area contributed by atoms with Crippen LogP contribution in [0.15, 0.2) is 17.9 Å². The van der Waals surface area contributed by atoms with E-state index in [0.29, 0.717) is 0 Å². The molecule has 0 aliphatic heterocycles. The average molecular weight is 115 g/mol. The maximum Gasteiger partial charge on any atom is 3.00 e. The van der Waals surface area contributed by atoms with Crippen LogP contribution in [0.1, 0.15) is 0 Å². The van der Waals surface area contributed by atoms with Gasteiger partial charge in [-0.25, -0.2) is 5.53 Å². The monoisotopic (exact) mass is 115 g/mol. The Morgan fingerprint density at radius 2 is 2.00 bits per heavy atom. The average Bonchev–Trinajstić information content (AvgIpc) is 1.37. The minimum atomic E-state index is 0. The standard InChI is InChI=1S/C2H4N2.Co/c1-2-4-3;/h2-3H,1H2;/q;+3. The van der Waals surface area contributed by atoms with Gasteiger partial charge in [0.2, 0.25) is 0 Å². The fourth-order valence-corrected chi connectivity index (χ4v) is 0. The Labute approximate surface area is 41.0 Å². The SMILES string of the molecule is C=CN=N.[Co+3]. The summed E-state index contributed by atoms with van der Waals surface area (Å²) in [6.45, 7) is 3.12. The van der Waals surface area contributed by atoms with Gasteiger partial charge in [0, 0.05) is 6.20 Å². The Hall–Kier alpha value is -0.154. The van der Waals surface area contributed by atoms with Crippen molar-refractivity contribution in [2.75, 3.05) is 0 Å². The van der Waals surface area contributed by atoms with Gasteiger partial charge >= 0.3 is 16.8 Å². The van der Waals surface area contributed by atoms with E-state index in [4.69, 9.17) is 5.53 Å². The van der Waals surface area contributed by atoms with Crippen LogP contribution in [0, 0.1) is 5.53 Å². The molecule has 0 heterocycles. The van der Waals surface area contributed by atoms with E-state index >= 15 is 0 Å². The molecule has 0 aromatic heterocycles. The molecular formula is C2H4CoN2+3. The zero-order valence-corrected chi connectivity index (χ0v) is 3.61. The molecule has 0 unspecified atom stereocenters. The molecule has 0 spiro atoms. The summed E-state index contributed by atoms with van der Waals surface area (Å²) in [4.78, 5) is 0. The van der Waals surface area contributed by atoms with Gasteiger partial charge in [-0.15, -0.1) is 0 Å². The molecule has 0 aliphatic rings. The van der Waals surface area contributed by atoms with Gasteiger partial charge < -0.3 is 0 Å². The number of rotatable bonds is 1. The predicted octanol–water partition coefficient (Wildman–Crippen LogP) is 1.16. The molecule has 0 aromatic rings. The fraction of sp³-hybridized carbons (Fsp3) is 0. The summed E-state index contributed by atoms with van der Waals surface area (Å²) >= 11 is 0. The molecule has 2 nitrogen and oxygen atoms in total. The van der Waals surface area contributed by atoms with E-state index in [9.17, 15) is 0 Å². The van der Waals surface area contributed by atoms with Crippen LogP contribution in [-0.4, -0.2) is 0 Å². The van der Waals surface area contributed by atoms with E-state index in [1.807, 2.05) is 0 Å². The Bertz CT molecular complexity index is 28.6. The zero-order valence-electron chi connectivity index (χ0n) is 2.57. The van der Waals surface area contributed by atoms with E-state index in [1.54, 1.807) is 0 Å². The van der Waals surface area contributed by atoms with Crippen LogP contribution in [0.5, 0.6) is 0 Å². The molecular weight excluding hydrogens is 111 g/mol. The number of hydrogen-bond acceptors (Lipinski definition) is 2. The first-order valence-electron chi connectivity index (χ1n) is 0.890. The first-order chi connectivity index (χ1) is 1.91. The summed E-state index contributed by atoms with van der Waals surface area (Å²) in [5, 5.41) is 2.75. The van der Waals surface area contributed by atoms with Gasteiger partial charge in [-0.1, -0.05) is 6.58 Å². The minimum absolute atomic E-state index is 0. The molecule has 0 saturated heterocycles. The molecule has 0 bridgehead atoms. The van der Waals surface area contributed by atoms with Crippen molar-refractivity contribution in [3.63, 3.8) is 0 Å². The molecule has 3 heteroatoms. The van der Waals surface area contributed by atoms with Crippen LogP contribution in [0.25, 0.3) is 0 Å². The van der Waals surface area contributed by atoms with Crippen LogP contribution in [-0.2, 0) is 16.8 Å². The fourth-order valence-electron chi connectivity index (χ4n) is 0.